The first kappa shape index (κ1) is 23.8. The average molecular weight is 500 g/mol. The Morgan fingerprint density at radius 2 is 1.79 bits per heavy atom. The summed E-state index contributed by atoms with van der Waals surface area (Å²) in [5, 5.41) is 5.75. The lowest BCUT2D eigenvalue weighted by Gasteiger charge is -2.20. The third kappa shape index (κ3) is 4.51. The number of hydrogen-bond donors (Lipinski definition) is 0. The fourth-order valence-electron chi connectivity index (χ4n) is 3.59. The van der Waals surface area contributed by atoms with Crippen molar-refractivity contribution in [2.45, 2.75) is 25.7 Å². The van der Waals surface area contributed by atoms with Crippen molar-refractivity contribution in [2.24, 2.45) is 0 Å². The zero-order valence-corrected chi connectivity index (χ0v) is 21.2. The van der Waals surface area contributed by atoms with E-state index in [1.54, 1.807) is 36.8 Å². The van der Waals surface area contributed by atoms with Gasteiger partial charge in [-0.25, -0.2) is 8.42 Å². The van der Waals surface area contributed by atoms with Crippen LogP contribution in [-0.2, 0) is 10.0 Å². The van der Waals surface area contributed by atoms with Crippen LogP contribution in [0.4, 0.5) is 5.69 Å². The van der Waals surface area contributed by atoms with Crippen LogP contribution in [0.25, 0.3) is 22.2 Å². The van der Waals surface area contributed by atoms with Crippen LogP contribution in [0.3, 0.4) is 0 Å². The maximum Gasteiger partial charge on any atom is 0.269 e. The van der Waals surface area contributed by atoms with Crippen molar-refractivity contribution in [3.8, 4) is 33.7 Å². The van der Waals surface area contributed by atoms with Gasteiger partial charge in [-0.15, -0.1) is 11.3 Å². The quantitative estimate of drug-likeness (QED) is 0.324. The molecule has 0 amide bonds. The number of nitrogens with zero attached hydrogens (tertiary/aromatic N) is 3. The second kappa shape index (κ2) is 9.47. The van der Waals surface area contributed by atoms with Gasteiger partial charge in [-0.1, -0.05) is 11.2 Å². The van der Waals surface area contributed by atoms with Crippen molar-refractivity contribution in [2.75, 3.05) is 25.1 Å². The first-order chi connectivity index (χ1) is 16.2. The van der Waals surface area contributed by atoms with E-state index in [0.29, 0.717) is 40.1 Å². The standard InChI is InChI=1S/C24H25N3O5S2/c1-6-31-19-8-7-17(14-20(19)30-5)23-25-24(32-26-23)22-21(9-10-33-22)34(28,29)27(4)18-12-15(2)11-16(3)13-18/h7-14H,6H2,1-5H3. The van der Waals surface area contributed by atoms with E-state index >= 15 is 0 Å². The number of rotatable bonds is 8. The lowest BCUT2D eigenvalue weighted by Crippen LogP contribution is -2.26. The lowest BCUT2D eigenvalue weighted by molar-refractivity contribution is 0.311. The molecule has 2 aromatic heterocycles. The molecule has 0 bridgehead atoms. The molecule has 10 heteroatoms. The number of sulfonamides is 1. The van der Waals surface area contributed by atoms with Gasteiger partial charge in [-0.3, -0.25) is 4.31 Å². The minimum absolute atomic E-state index is 0.110. The largest absolute Gasteiger partial charge is 0.493 e. The first-order valence-electron chi connectivity index (χ1n) is 10.5. The maximum absolute atomic E-state index is 13.5. The van der Waals surface area contributed by atoms with Gasteiger partial charge in [-0.05, 0) is 73.7 Å². The highest BCUT2D eigenvalue weighted by Gasteiger charge is 2.29. The monoisotopic (exact) mass is 499 g/mol. The van der Waals surface area contributed by atoms with Crippen LogP contribution in [0.15, 0.2) is 57.3 Å². The fraction of sp³-hybridized carbons (Fsp3) is 0.250. The van der Waals surface area contributed by atoms with E-state index in [9.17, 15) is 8.42 Å². The van der Waals surface area contributed by atoms with Gasteiger partial charge < -0.3 is 14.0 Å². The zero-order chi connectivity index (χ0) is 24.5. The Bertz CT molecular complexity index is 1410. The number of ether oxygens (including phenoxy) is 2. The molecule has 0 saturated heterocycles. The van der Waals surface area contributed by atoms with Crippen LogP contribution in [0.1, 0.15) is 18.1 Å². The van der Waals surface area contributed by atoms with E-state index in [0.717, 1.165) is 11.1 Å². The number of thiophene rings is 1. The Morgan fingerprint density at radius 3 is 2.47 bits per heavy atom. The molecule has 8 nitrogen and oxygen atoms in total. The molecule has 0 aliphatic carbocycles. The van der Waals surface area contributed by atoms with Crippen LogP contribution in [0.2, 0.25) is 0 Å². The Balaban J connectivity index is 1.69. The molecule has 34 heavy (non-hydrogen) atoms. The van der Waals surface area contributed by atoms with Gasteiger partial charge >= 0.3 is 0 Å². The molecular formula is C24H25N3O5S2. The third-order valence-corrected chi connectivity index (χ3v) is 8.04. The van der Waals surface area contributed by atoms with Gasteiger partial charge in [-0.2, -0.15) is 4.98 Å². The van der Waals surface area contributed by atoms with Gasteiger partial charge in [0, 0.05) is 12.6 Å². The SMILES string of the molecule is CCOc1ccc(-c2noc(-c3sccc3S(=O)(=O)N(C)c3cc(C)cc(C)c3)n2)cc1OC. The minimum Gasteiger partial charge on any atom is -0.493 e. The molecule has 0 aliphatic rings. The third-order valence-electron chi connectivity index (χ3n) is 5.18. The Kier molecular flexibility index (Phi) is 6.63. The van der Waals surface area contributed by atoms with Crippen molar-refractivity contribution < 1.29 is 22.4 Å². The highest BCUT2D eigenvalue weighted by Crippen LogP contribution is 2.37. The second-order valence-corrected chi connectivity index (χ2v) is 10.5. The van der Waals surface area contributed by atoms with Crippen LogP contribution < -0.4 is 13.8 Å². The molecule has 4 aromatic rings. The predicted octanol–water partition coefficient (Wildman–Crippen LogP) is 5.31. The molecule has 0 saturated carbocycles. The second-order valence-electron chi connectivity index (χ2n) is 7.65. The molecule has 0 unspecified atom stereocenters. The molecule has 0 fully saturated rings. The van der Waals surface area contributed by atoms with Crippen molar-refractivity contribution in [1.82, 2.24) is 10.1 Å². The molecule has 2 heterocycles. The summed E-state index contributed by atoms with van der Waals surface area (Å²) >= 11 is 1.23. The lowest BCUT2D eigenvalue weighted by atomic mass is 10.1. The van der Waals surface area contributed by atoms with Gasteiger partial charge in [0.15, 0.2) is 11.5 Å². The average Bonchev–Trinajstić information content (AvgIpc) is 3.48. The highest BCUT2D eigenvalue weighted by molar-refractivity contribution is 7.93. The number of benzene rings is 2. The highest BCUT2D eigenvalue weighted by atomic mass is 32.2. The molecular weight excluding hydrogens is 474 g/mol. The van der Waals surface area contributed by atoms with E-state index in [1.807, 2.05) is 39.0 Å². The van der Waals surface area contributed by atoms with Crippen molar-refractivity contribution in [1.29, 1.82) is 0 Å². The fourth-order valence-corrected chi connectivity index (χ4v) is 6.08. The molecule has 178 valence electrons. The minimum atomic E-state index is -3.86. The van der Waals surface area contributed by atoms with Crippen molar-refractivity contribution in [3.63, 3.8) is 0 Å². The number of hydrogen-bond acceptors (Lipinski definition) is 8. The maximum atomic E-state index is 13.5. The van der Waals surface area contributed by atoms with Crippen LogP contribution >= 0.6 is 11.3 Å². The van der Waals surface area contributed by atoms with Gasteiger partial charge in [0.2, 0.25) is 5.82 Å². The smallest absolute Gasteiger partial charge is 0.269 e. The first-order valence-corrected chi connectivity index (χ1v) is 12.9. The van der Waals surface area contributed by atoms with E-state index < -0.39 is 10.0 Å². The van der Waals surface area contributed by atoms with Crippen LogP contribution in [0, 0.1) is 13.8 Å². The summed E-state index contributed by atoms with van der Waals surface area (Å²) in [5.74, 6) is 1.60. The summed E-state index contributed by atoms with van der Waals surface area (Å²) < 4.78 is 44.6. The molecule has 0 N–H and O–H groups in total. The van der Waals surface area contributed by atoms with Gasteiger partial charge in [0.25, 0.3) is 15.9 Å². The zero-order valence-electron chi connectivity index (χ0n) is 19.5. The van der Waals surface area contributed by atoms with E-state index in [-0.39, 0.29) is 10.8 Å². The summed E-state index contributed by atoms with van der Waals surface area (Å²) in [6.45, 7) is 6.27. The predicted molar refractivity (Wildman–Crippen MR) is 132 cm³/mol. The van der Waals surface area contributed by atoms with Crippen LogP contribution in [0.5, 0.6) is 11.5 Å². The van der Waals surface area contributed by atoms with Gasteiger partial charge in [0.05, 0.1) is 19.4 Å². The van der Waals surface area contributed by atoms with E-state index in [2.05, 4.69) is 10.1 Å². The summed E-state index contributed by atoms with van der Waals surface area (Å²) in [4.78, 5) is 4.95. The van der Waals surface area contributed by atoms with Crippen molar-refractivity contribution in [3.05, 3.63) is 59.0 Å². The molecule has 0 aliphatic heterocycles. The number of methoxy groups -OCH3 is 1. The normalized spacial score (nSPS) is 11.4. The topological polar surface area (TPSA) is 94.8 Å². The van der Waals surface area contributed by atoms with Gasteiger partial charge in [0.1, 0.15) is 9.77 Å². The summed E-state index contributed by atoms with van der Waals surface area (Å²) in [5.41, 5.74) is 3.20. The van der Waals surface area contributed by atoms with E-state index in [1.165, 1.54) is 22.7 Å². The Labute approximate surface area is 202 Å². The summed E-state index contributed by atoms with van der Waals surface area (Å²) in [6, 6.07) is 12.5. The number of aromatic nitrogens is 2. The molecule has 0 spiro atoms. The molecule has 2 aromatic carbocycles. The van der Waals surface area contributed by atoms with E-state index in [4.69, 9.17) is 14.0 Å². The molecule has 0 atom stereocenters. The summed E-state index contributed by atoms with van der Waals surface area (Å²) in [6.07, 6.45) is 0. The summed E-state index contributed by atoms with van der Waals surface area (Å²) in [7, 11) is -0.768. The number of anilines is 1. The van der Waals surface area contributed by atoms with Crippen LogP contribution in [-0.4, -0.2) is 39.3 Å². The Hall–Kier alpha value is -3.37. The molecule has 4 rings (SSSR count). The van der Waals surface area contributed by atoms with Crippen molar-refractivity contribution >= 4 is 27.0 Å². The Morgan fingerprint density at radius 1 is 1.06 bits per heavy atom. The molecule has 0 radical (unpaired) electrons. The number of aryl methyl sites for hydroxylation is 2.